The Morgan fingerprint density at radius 1 is 0.917 bits per heavy atom. The molecule has 3 aromatic rings. The fourth-order valence-electron chi connectivity index (χ4n) is 4.59. The first kappa shape index (κ1) is 26.2. The lowest BCUT2D eigenvalue weighted by Gasteiger charge is -2.35. The third-order valence-electron chi connectivity index (χ3n) is 6.70. The van der Waals surface area contributed by atoms with Crippen molar-refractivity contribution >= 4 is 20.8 Å². The van der Waals surface area contributed by atoms with E-state index in [0.29, 0.717) is 40.6 Å². The van der Waals surface area contributed by atoms with Gasteiger partial charge in [0.25, 0.3) is 0 Å². The molecular weight excluding hydrogens is 480 g/mol. The van der Waals surface area contributed by atoms with Gasteiger partial charge < -0.3 is 14.2 Å². The van der Waals surface area contributed by atoms with Gasteiger partial charge >= 0.3 is 0 Å². The van der Waals surface area contributed by atoms with Crippen LogP contribution in [0, 0.1) is 0 Å². The van der Waals surface area contributed by atoms with Crippen molar-refractivity contribution in [3.05, 3.63) is 54.4 Å². The van der Waals surface area contributed by atoms with E-state index >= 15 is 0 Å². The van der Waals surface area contributed by atoms with E-state index < -0.39 is 10.0 Å². The minimum atomic E-state index is -3.61. The van der Waals surface area contributed by atoms with Gasteiger partial charge in [0, 0.05) is 81.6 Å². The molecule has 2 aromatic carbocycles. The van der Waals surface area contributed by atoms with E-state index in [1.165, 1.54) is 4.31 Å². The van der Waals surface area contributed by atoms with E-state index in [1.54, 1.807) is 59.0 Å². The molecule has 0 amide bonds. The van der Waals surface area contributed by atoms with Crippen LogP contribution in [0.15, 0.2) is 53.7 Å². The maximum absolute atomic E-state index is 13.3. The molecule has 0 aliphatic carbocycles. The lowest BCUT2D eigenvalue weighted by Crippen LogP contribution is -2.48. The Kier molecular flexibility index (Phi) is 8.30. The number of fused-ring (bicyclic) bond motifs is 1. The predicted octanol–water partition coefficient (Wildman–Crippen LogP) is 2.70. The van der Waals surface area contributed by atoms with Crippen molar-refractivity contribution in [1.82, 2.24) is 19.1 Å². The van der Waals surface area contributed by atoms with Gasteiger partial charge in [-0.2, -0.15) is 4.31 Å². The molecule has 36 heavy (non-hydrogen) atoms. The molecule has 0 N–H and O–H groups in total. The summed E-state index contributed by atoms with van der Waals surface area (Å²) in [5.41, 5.74) is 1.04. The number of rotatable bonds is 10. The first-order valence-electron chi connectivity index (χ1n) is 11.9. The van der Waals surface area contributed by atoms with E-state index in [-0.39, 0.29) is 0 Å². The molecule has 0 bridgehead atoms. The second-order valence-electron chi connectivity index (χ2n) is 8.79. The van der Waals surface area contributed by atoms with E-state index in [9.17, 15) is 8.42 Å². The molecule has 2 heterocycles. The van der Waals surface area contributed by atoms with Crippen molar-refractivity contribution in [1.29, 1.82) is 0 Å². The molecule has 10 heteroatoms. The Morgan fingerprint density at radius 2 is 1.64 bits per heavy atom. The summed E-state index contributed by atoms with van der Waals surface area (Å²) in [7, 11) is 2.90. The van der Waals surface area contributed by atoms with Gasteiger partial charge in [0.05, 0.1) is 26.2 Å². The van der Waals surface area contributed by atoms with Crippen molar-refractivity contribution < 1.29 is 22.6 Å². The van der Waals surface area contributed by atoms with Gasteiger partial charge in [0.15, 0.2) is 11.5 Å². The van der Waals surface area contributed by atoms with Crippen LogP contribution in [0.3, 0.4) is 0 Å². The largest absolute Gasteiger partial charge is 0.493 e. The number of methoxy groups -OCH3 is 3. The average Bonchev–Trinajstić information content (AvgIpc) is 2.91. The van der Waals surface area contributed by atoms with Gasteiger partial charge in [-0.05, 0) is 18.2 Å². The summed E-state index contributed by atoms with van der Waals surface area (Å²) in [6.07, 6.45) is 3.31. The maximum Gasteiger partial charge on any atom is 0.243 e. The molecule has 0 saturated carbocycles. The molecule has 1 aromatic heterocycles. The van der Waals surface area contributed by atoms with Crippen molar-refractivity contribution in [2.75, 3.05) is 67.6 Å². The number of pyridine rings is 1. The first-order chi connectivity index (χ1) is 17.4. The van der Waals surface area contributed by atoms with Gasteiger partial charge in [0.1, 0.15) is 0 Å². The Balaban J connectivity index is 1.34. The van der Waals surface area contributed by atoms with Crippen LogP contribution in [-0.4, -0.2) is 95.2 Å². The Hall–Kier alpha value is -2.92. The van der Waals surface area contributed by atoms with Crippen molar-refractivity contribution in [2.45, 2.75) is 11.4 Å². The van der Waals surface area contributed by atoms with E-state index in [0.717, 1.165) is 43.7 Å². The Bertz CT molecular complexity index is 1290. The summed E-state index contributed by atoms with van der Waals surface area (Å²) < 4.78 is 44.5. The second kappa shape index (κ2) is 11.4. The van der Waals surface area contributed by atoms with Crippen LogP contribution >= 0.6 is 0 Å². The summed E-state index contributed by atoms with van der Waals surface area (Å²) in [6, 6.07) is 11.0. The SMILES string of the molecule is COc1ccc(CN2CCN(CCN(C)S(=O)(=O)c3cccc4cnccc34)CC2)c(OC)c1OC. The summed E-state index contributed by atoms with van der Waals surface area (Å²) >= 11 is 0. The normalized spacial score (nSPS) is 15.4. The zero-order valence-electron chi connectivity index (χ0n) is 21.3. The van der Waals surface area contributed by atoms with Crippen LogP contribution in [0.4, 0.5) is 0 Å². The first-order valence-corrected chi connectivity index (χ1v) is 13.3. The maximum atomic E-state index is 13.3. The summed E-state index contributed by atoms with van der Waals surface area (Å²) in [6.45, 7) is 5.33. The lowest BCUT2D eigenvalue weighted by atomic mass is 10.1. The van der Waals surface area contributed by atoms with E-state index in [2.05, 4.69) is 14.8 Å². The molecule has 1 aliphatic heterocycles. The Morgan fingerprint density at radius 3 is 2.33 bits per heavy atom. The van der Waals surface area contributed by atoms with Crippen LogP contribution < -0.4 is 14.2 Å². The molecule has 0 atom stereocenters. The van der Waals surface area contributed by atoms with Crippen molar-refractivity contribution in [3.8, 4) is 17.2 Å². The van der Waals surface area contributed by atoms with Crippen LogP contribution in [-0.2, 0) is 16.6 Å². The van der Waals surface area contributed by atoms with Crippen LogP contribution in [0.2, 0.25) is 0 Å². The third kappa shape index (κ3) is 5.41. The molecular formula is C26H34N4O5S. The minimum Gasteiger partial charge on any atom is -0.493 e. The zero-order chi connectivity index (χ0) is 25.7. The highest BCUT2D eigenvalue weighted by Gasteiger charge is 2.25. The molecule has 0 radical (unpaired) electrons. The second-order valence-corrected chi connectivity index (χ2v) is 10.8. The fraction of sp³-hybridized carbons (Fsp3) is 0.423. The highest BCUT2D eigenvalue weighted by atomic mass is 32.2. The average molecular weight is 515 g/mol. The molecule has 1 saturated heterocycles. The smallest absolute Gasteiger partial charge is 0.243 e. The quantitative estimate of drug-likeness (QED) is 0.408. The molecule has 4 rings (SSSR count). The monoisotopic (exact) mass is 514 g/mol. The number of likely N-dealkylation sites (N-methyl/N-ethyl adjacent to an activating group) is 1. The number of aromatic nitrogens is 1. The number of benzene rings is 2. The summed E-state index contributed by atoms with van der Waals surface area (Å²) in [5.74, 6) is 1.93. The Labute approximate surface area is 213 Å². The van der Waals surface area contributed by atoms with Gasteiger partial charge in [-0.25, -0.2) is 8.42 Å². The predicted molar refractivity (Wildman–Crippen MR) is 139 cm³/mol. The molecule has 194 valence electrons. The topological polar surface area (TPSA) is 84.4 Å². The number of sulfonamides is 1. The summed E-state index contributed by atoms with van der Waals surface area (Å²) in [5, 5.41) is 1.51. The van der Waals surface area contributed by atoms with E-state index in [1.807, 2.05) is 18.2 Å². The van der Waals surface area contributed by atoms with Crippen LogP contribution in [0.25, 0.3) is 10.8 Å². The highest BCUT2D eigenvalue weighted by Crippen LogP contribution is 2.40. The van der Waals surface area contributed by atoms with E-state index in [4.69, 9.17) is 14.2 Å². The number of hydrogen-bond acceptors (Lipinski definition) is 8. The zero-order valence-corrected chi connectivity index (χ0v) is 22.1. The minimum absolute atomic E-state index is 0.318. The van der Waals surface area contributed by atoms with Crippen LogP contribution in [0.1, 0.15) is 5.56 Å². The van der Waals surface area contributed by atoms with Gasteiger partial charge in [0.2, 0.25) is 15.8 Å². The van der Waals surface area contributed by atoms with Crippen molar-refractivity contribution in [2.24, 2.45) is 0 Å². The molecule has 0 spiro atoms. The highest BCUT2D eigenvalue weighted by molar-refractivity contribution is 7.89. The lowest BCUT2D eigenvalue weighted by molar-refractivity contribution is 0.123. The number of hydrogen-bond donors (Lipinski definition) is 0. The molecule has 1 aliphatic rings. The van der Waals surface area contributed by atoms with Crippen molar-refractivity contribution in [3.63, 3.8) is 0 Å². The number of nitrogens with zero attached hydrogens (tertiary/aromatic N) is 4. The number of ether oxygens (including phenoxy) is 3. The van der Waals surface area contributed by atoms with Crippen LogP contribution in [0.5, 0.6) is 17.2 Å². The fourth-order valence-corrected chi connectivity index (χ4v) is 5.96. The standard InChI is InChI=1S/C26H34N4O5S/c1-28(36(31,32)24-7-5-6-20-18-27-11-10-22(20)24)12-13-29-14-16-30(17-15-29)19-21-8-9-23(33-2)26(35-4)25(21)34-3/h5-11,18H,12-17,19H2,1-4H3. The van der Waals surface area contributed by atoms with Gasteiger partial charge in [-0.15, -0.1) is 0 Å². The van der Waals surface area contributed by atoms with Gasteiger partial charge in [-0.3, -0.25) is 14.8 Å². The third-order valence-corrected chi connectivity index (χ3v) is 8.62. The summed E-state index contributed by atoms with van der Waals surface area (Å²) in [4.78, 5) is 9.09. The number of piperazine rings is 1. The molecule has 1 fully saturated rings. The van der Waals surface area contributed by atoms with Gasteiger partial charge in [-0.1, -0.05) is 18.2 Å². The molecule has 9 nitrogen and oxygen atoms in total. The molecule has 0 unspecified atom stereocenters.